The molecule has 1 aliphatic carbocycles. The molecule has 1 aromatic rings. The van der Waals surface area contributed by atoms with Gasteiger partial charge < -0.3 is 0 Å². The van der Waals surface area contributed by atoms with Crippen LogP contribution in [0.5, 0.6) is 0 Å². The Labute approximate surface area is 129 Å². The fourth-order valence-corrected chi connectivity index (χ4v) is 3.38. The minimum absolute atomic E-state index is 0.261. The fourth-order valence-electron chi connectivity index (χ4n) is 3.38. The Balaban J connectivity index is 2.02. The second-order valence-electron chi connectivity index (χ2n) is 7.00. The van der Waals surface area contributed by atoms with Crippen molar-refractivity contribution in [2.24, 2.45) is 5.92 Å². The molecule has 0 amide bonds. The first kappa shape index (κ1) is 16.2. The standard InChI is InChI=1S/C19H29NO/c1-13-6-8-17(9-7-13)20(5)12-19(21)18-11-15(3)14(2)10-16(18)4/h10-11,13,17H,6-9,12H2,1-5H3. The van der Waals surface area contributed by atoms with Crippen LogP contribution in [0.4, 0.5) is 0 Å². The van der Waals surface area contributed by atoms with Crippen molar-refractivity contribution < 1.29 is 4.79 Å². The molecule has 1 aromatic carbocycles. The highest BCUT2D eigenvalue weighted by atomic mass is 16.1. The number of carbonyl (C=O) groups is 1. The lowest BCUT2D eigenvalue weighted by Gasteiger charge is -2.33. The van der Waals surface area contributed by atoms with Crippen LogP contribution in [0.15, 0.2) is 12.1 Å². The lowest BCUT2D eigenvalue weighted by atomic mass is 9.86. The van der Waals surface area contributed by atoms with E-state index in [4.69, 9.17) is 0 Å². The Bertz CT molecular complexity index is 513. The van der Waals surface area contributed by atoms with Gasteiger partial charge in [0, 0.05) is 11.6 Å². The van der Waals surface area contributed by atoms with Gasteiger partial charge in [-0.3, -0.25) is 9.69 Å². The average Bonchev–Trinajstić information content (AvgIpc) is 2.43. The third kappa shape index (κ3) is 3.94. The smallest absolute Gasteiger partial charge is 0.177 e. The van der Waals surface area contributed by atoms with E-state index in [9.17, 15) is 4.79 Å². The Morgan fingerprint density at radius 1 is 1.05 bits per heavy atom. The molecule has 0 atom stereocenters. The van der Waals surface area contributed by atoms with Crippen molar-refractivity contribution in [2.75, 3.05) is 13.6 Å². The molecule has 1 saturated carbocycles. The second kappa shape index (κ2) is 6.74. The number of carbonyl (C=O) groups excluding carboxylic acids is 1. The molecule has 2 nitrogen and oxygen atoms in total. The molecule has 116 valence electrons. The Kier molecular flexibility index (Phi) is 5.21. The number of Topliss-reactive ketones (excluding diaryl/α,β-unsaturated/α-hetero) is 1. The monoisotopic (exact) mass is 287 g/mol. The number of hydrogen-bond donors (Lipinski definition) is 0. The molecule has 2 rings (SSSR count). The minimum atomic E-state index is 0.261. The second-order valence-corrected chi connectivity index (χ2v) is 7.00. The molecule has 0 unspecified atom stereocenters. The Hall–Kier alpha value is -1.15. The molecule has 0 bridgehead atoms. The summed E-state index contributed by atoms with van der Waals surface area (Å²) in [7, 11) is 2.11. The molecular formula is C19H29NO. The summed E-state index contributed by atoms with van der Waals surface area (Å²) >= 11 is 0. The lowest BCUT2D eigenvalue weighted by Crippen LogP contribution is -2.38. The zero-order valence-corrected chi connectivity index (χ0v) is 14.2. The molecule has 0 saturated heterocycles. The van der Waals surface area contributed by atoms with Gasteiger partial charge >= 0.3 is 0 Å². The third-order valence-corrected chi connectivity index (χ3v) is 5.14. The van der Waals surface area contributed by atoms with Crippen molar-refractivity contribution in [1.82, 2.24) is 4.90 Å². The first-order valence-corrected chi connectivity index (χ1v) is 8.19. The first-order chi connectivity index (χ1) is 9.88. The van der Waals surface area contributed by atoms with E-state index in [2.05, 4.69) is 44.9 Å². The summed E-state index contributed by atoms with van der Waals surface area (Å²) < 4.78 is 0. The maximum Gasteiger partial charge on any atom is 0.177 e. The van der Waals surface area contributed by atoms with E-state index in [1.807, 2.05) is 6.92 Å². The number of likely N-dealkylation sites (N-methyl/N-ethyl adjacent to an activating group) is 1. The van der Waals surface area contributed by atoms with Gasteiger partial charge in [-0.2, -0.15) is 0 Å². The van der Waals surface area contributed by atoms with Crippen LogP contribution < -0.4 is 0 Å². The topological polar surface area (TPSA) is 20.3 Å². The third-order valence-electron chi connectivity index (χ3n) is 5.14. The quantitative estimate of drug-likeness (QED) is 0.769. The van der Waals surface area contributed by atoms with E-state index in [1.165, 1.54) is 36.8 Å². The van der Waals surface area contributed by atoms with Crippen LogP contribution in [-0.2, 0) is 0 Å². The maximum atomic E-state index is 12.6. The molecule has 0 aliphatic heterocycles. The van der Waals surface area contributed by atoms with Crippen LogP contribution >= 0.6 is 0 Å². The van der Waals surface area contributed by atoms with Crippen molar-refractivity contribution in [3.8, 4) is 0 Å². The predicted molar refractivity (Wildman–Crippen MR) is 89.0 cm³/mol. The molecule has 1 fully saturated rings. The van der Waals surface area contributed by atoms with Crippen molar-refractivity contribution in [1.29, 1.82) is 0 Å². The van der Waals surface area contributed by atoms with Crippen LogP contribution in [0, 0.1) is 26.7 Å². The fraction of sp³-hybridized carbons (Fsp3) is 0.632. The summed E-state index contributed by atoms with van der Waals surface area (Å²) in [5.74, 6) is 1.11. The van der Waals surface area contributed by atoms with Crippen molar-refractivity contribution in [3.05, 3.63) is 34.4 Å². The highest BCUT2D eigenvalue weighted by molar-refractivity contribution is 5.99. The maximum absolute atomic E-state index is 12.6. The minimum Gasteiger partial charge on any atom is -0.296 e. The van der Waals surface area contributed by atoms with E-state index in [-0.39, 0.29) is 5.78 Å². The molecule has 0 aromatic heterocycles. The molecule has 0 heterocycles. The number of ketones is 1. The zero-order valence-electron chi connectivity index (χ0n) is 14.2. The van der Waals surface area contributed by atoms with Gasteiger partial charge in [-0.05, 0) is 82.2 Å². The van der Waals surface area contributed by atoms with Crippen molar-refractivity contribution in [2.45, 2.75) is 59.4 Å². The number of nitrogens with zero attached hydrogens (tertiary/aromatic N) is 1. The molecule has 0 radical (unpaired) electrons. The zero-order chi connectivity index (χ0) is 15.6. The van der Waals surface area contributed by atoms with Gasteiger partial charge in [0.1, 0.15) is 0 Å². The van der Waals surface area contributed by atoms with Crippen LogP contribution in [0.3, 0.4) is 0 Å². The van der Waals surface area contributed by atoms with Crippen LogP contribution in [0.25, 0.3) is 0 Å². The SMILES string of the molecule is Cc1cc(C)c(C(=O)CN(C)C2CCC(C)CC2)cc1C. The van der Waals surface area contributed by atoms with Crippen LogP contribution in [-0.4, -0.2) is 30.3 Å². The largest absolute Gasteiger partial charge is 0.296 e. The molecule has 2 heteroatoms. The molecule has 1 aliphatic rings. The highest BCUT2D eigenvalue weighted by Crippen LogP contribution is 2.26. The predicted octanol–water partition coefficient (Wildman–Crippen LogP) is 4.31. The molecule has 0 N–H and O–H groups in total. The van der Waals surface area contributed by atoms with Gasteiger partial charge in [0.2, 0.25) is 0 Å². The van der Waals surface area contributed by atoms with E-state index >= 15 is 0 Å². The van der Waals surface area contributed by atoms with Crippen molar-refractivity contribution in [3.63, 3.8) is 0 Å². The average molecular weight is 287 g/mol. The normalized spacial score (nSPS) is 22.6. The number of aryl methyl sites for hydroxylation is 3. The van der Waals surface area contributed by atoms with Crippen LogP contribution in [0.1, 0.15) is 59.7 Å². The van der Waals surface area contributed by atoms with Crippen LogP contribution in [0.2, 0.25) is 0 Å². The van der Waals surface area contributed by atoms with E-state index in [0.717, 1.165) is 17.0 Å². The Morgan fingerprint density at radius 2 is 1.62 bits per heavy atom. The molecule has 0 spiro atoms. The molecular weight excluding hydrogens is 258 g/mol. The van der Waals surface area contributed by atoms with E-state index in [0.29, 0.717) is 12.6 Å². The summed E-state index contributed by atoms with van der Waals surface area (Å²) in [5, 5.41) is 0. The van der Waals surface area contributed by atoms with Gasteiger partial charge in [0.25, 0.3) is 0 Å². The summed E-state index contributed by atoms with van der Waals surface area (Å²) in [6, 6.07) is 4.77. The number of rotatable bonds is 4. The van der Waals surface area contributed by atoms with Gasteiger partial charge in [0.05, 0.1) is 6.54 Å². The number of benzene rings is 1. The number of hydrogen-bond acceptors (Lipinski definition) is 2. The summed E-state index contributed by atoms with van der Waals surface area (Å²) in [5.41, 5.74) is 4.47. The molecule has 21 heavy (non-hydrogen) atoms. The lowest BCUT2D eigenvalue weighted by molar-refractivity contribution is 0.0888. The summed E-state index contributed by atoms with van der Waals surface area (Å²) in [6.45, 7) is 9.11. The van der Waals surface area contributed by atoms with Gasteiger partial charge in [-0.1, -0.05) is 13.0 Å². The van der Waals surface area contributed by atoms with Gasteiger partial charge in [-0.15, -0.1) is 0 Å². The highest BCUT2D eigenvalue weighted by Gasteiger charge is 2.23. The summed E-state index contributed by atoms with van der Waals surface area (Å²) in [6.07, 6.45) is 5.06. The van der Waals surface area contributed by atoms with Gasteiger partial charge in [-0.25, -0.2) is 0 Å². The van der Waals surface area contributed by atoms with Crippen molar-refractivity contribution >= 4 is 5.78 Å². The van der Waals surface area contributed by atoms with E-state index < -0.39 is 0 Å². The van der Waals surface area contributed by atoms with Gasteiger partial charge in [0.15, 0.2) is 5.78 Å². The Morgan fingerprint density at radius 3 is 2.24 bits per heavy atom. The first-order valence-electron chi connectivity index (χ1n) is 8.19. The van der Waals surface area contributed by atoms with E-state index in [1.54, 1.807) is 0 Å². The summed E-state index contributed by atoms with van der Waals surface area (Å²) in [4.78, 5) is 14.9.